The lowest BCUT2D eigenvalue weighted by molar-refractivity contribution is 0.183. The van der Waals surface area contributed by atoms with E-state index in [1.165, 1.54) is 21.9 Å². The van der Waals surface area contributed by atoms with E-state index in [-0.39, 0.29) is 11.5 Å². The van der Waals surface area contributed by atoms with Crippen molar-refractivity contribution >= 4 is 33.3 Å². The number of ether oxygens (including phenoxy) is 1. The topological polar surface area (TPSA) is 46.8 Å². The molecule has 0 fully saturated rings. The summed E-state index contributed by atoms with van der Waals surface area (Å²) in [5.74, 6) is 2.69. The first-order valence-corrected chi connectivity index (χ1v) is 12.8. The Morgan fingerprint density at radius 2 is 1.89 bits per heavy atom. The predicted octanol–water partition coefficient (Wildman–Crippen LogP) is 8.01. The minimum atomic E-state index is 0.00818. The molecular weight excluding hydrogens is 432 g/mol. The summed E-state index contributed by atoms with van der Waals surface area (Å²) in [6, 6.07) is 17.5. The van der Waals surface area contributed by atoms with Gasteiger partial charge in [-0.05, 0) is 52.3 Å². The molecule has 0 aliphatic carbocycles. The largest absolute Gasteiger partial charge is 0.489 e. The molecule has 3 aromatic carbocycles. The van der Waals surface area contributed by atoms with Crippen LogP contribution in [0.4, 0.5) is 5.88 Å². The molecule has 0 spiro atoms. The smallest absolute Gasteiger partial charge is 0.205 e. The molecule has 1 N–H and O–H groups in total. The molecule has 0 amide bonds. The maximum atomic E-state index is 6.66. The number of benzene rings is 3. The average Bonchev–Trinajstić information content (AvgIpc) is 3.34. The first-order valence-electron chi connectivity index (χ1n) is 12.8. The number of hydrogen-bond donors (Lipinski definition) is 1. The summed E-state index contributed by atoms with van der Waals surface area (Å²) in [7, 11) is 0. The minimum Gasteiger partial charge on any atom is -0.489 e. The van der Waals surface area contributed by atoms with Crippen molar-refractivity contribution in [3.63, 3.8) is 0 Å². The molecule has 4 aromatic rings. The fourth-order valence-corrected chi connectivity index (χ4v) is 5.76. The summed E-state index contributed by atoms with van der Waals surface area (Å²) in [6.45, 7) is 14.1. The fraction of sp³-hybridized carbons (Fsp3) is 0.387. The van der Waals surface area contributed by atoms with E-state index in [2.05, 4.69) is 95.4 Å². The van der Waals surface area contributed by atoms with Gasteiger partial charge in [-0.1, -0.05) is 71.9 Å². The van der Waals surface area contributed by atoms with Gasteiger partial charge in [0.1, 0.15) is 24.1 Å². The molecule has 3 heterocycles. The second-order valence-electron chi connectivity index (χ2n) is 11.6. The zero-order valence-electron chi connectivity index (χ0n) is 21.5. The third-order valence-electron chi connectivity index (χ3n) is 7.52. The lowest BCUT2D eigenvalue weighted by Crippen LogP contribution is -2.19. The Labute approximate surface area is 207 Å². The molecule has 35 heavy (non-hydrogen) atoms. The molecule has 2 atom stereocenters. The van der Waals surface area contributed by atoms with Crippen LogP contribution in [0.2, 0.25) is 0 Å². The van der Waals surface area contributed by atoms with Gasteiger partial charge >= 0.3 is 0 Å². The number of nitrogens with one attached hydrogen (secondary N) is 1. The van der Waals surface area contributed by atoms with Crippen molar-refractivity contribution in [3.05, 3.63) is 70.8 Å². The summed E-state index contributed by atoms with van der Waals surface area (Å²) in [4.78, 5) is 5.00. The third-order valence-corrected chi connectivity index (χ3v) is 7.52. The van der Waals surface area contributed by atoms with Crippen LogP contribution in [0.5, 0.6) is 5.75 Å². The van der Waals surface area contributed by atoms with E-state index in [0.29, 0.717) is 18.5 Å². The highest BCUT2D eigenvalue weighted by Gasteiger charge is 2.36. The molecule has 1 aromatic heterocycles. The van der Waals surface area contributed by atoms with Crippen LogP contribution in [0.1, 0.15) is 76.1 Å². The molecule has 0 saturated carbocycles. The van der Waals surface area contributed by atoms with Crippen LogP contribution in [0, 0.1) is 5.92 Å². The Balaban J connectivity index is 1.56. The van der Waals surface area contributed by atoms with Gasteiger partial charge in [0.25, 0.3) is 0 Å². The molecule has 6 rings (SSSR count). The summed E-state index contributed by atoms with van der Waals surface area (Å²) >= 11 is 0. The molecule has 2 aliphatic heterocycles. The highest BCUT2D eigenvalue weighted by molar-refractivity contribution is 6.24. The number of furan rings is 1. The Morgan fingerprint density at radius 1 is 1.09 bits per heavy atom. The van der Waals surface area contributed by atoms with Crippen LogP contribution < -0.4 is 10.1 Å². The van der Waals surface area contributed by atoms with Crippen LogP contribution >= 0.6 is 0 Å². The number of hydrogen-bond acceptors (Lipinski definition) is 4. The number of fused-ring (bicyclic) bond motifs is 6. The summed E-state index contributed by atoms with van der Waals surface area (Å²) < 4.78 is 13.0. The van der Waals surface area contributed by atoms with E-state index in [9.17, 15) is 0 Å². The first kappa shape index (κ1) is 22.2. The first-order chi connectivity index (χ1) is 16.7. The molecular formula is C31H34N2O2. The van der Waals surface area contributed by atoms with Crippen molar-refractivity contribution in [3.8, 4) is 5.75 Å². The maximum absolute atomic E-state index is 6.66. The van der Waals surface area contributed by atoms with E-state index >= 15 is 0 Å². The van der Waals surface area contributed by atoms with Gasteiger partial charge in [-0.3, -0.25) is 4.99 Å². The lowest BCUT2D eigenvalue weighted by atomic mass is 9.81. The molecule has 4 heteroatoms. The van der Waals surface area contributed by atoms with E-state index in [1.807, 2.05) is 0 Å². The van der Waals surface area contributed by atoms with Gasteiger partial charge in [0, 0.05) is 17.0 Å². The highest BCUT2D eigenvalue weighted by atomic mass is 16.5. The Hall–Kier alpha value is -3.27. The minimum absolute atomic E-state index is 0.00818. The molecule has 4 nitrogen and oxygen atoms in total. The Bertz CT molecular complexity index is 1490. The van der Waals surface area contributed by atoms with Crippen LogP contribution in [-0.2, 0) is 5.41 Å². The fourth-order valence-electron chi connectivity index (χ4n) is 5.76. The van der Waals surface area contributed by atoms with Gasteiger partial charge in [-0.2, -0.15) is 0 Å². The lowest BCUT2D eigenvalue weighted by Gasteiger charge is -2.24. The van der Waals surface area contributed by atoms with E-state index in [1.54, 1.807) is 0 Å². The molecule has 0 saturated heterocycles. The van der Waals surface area contributed by atoms with E-state index in [4.69, 9.17) is 14.1 Å². The van der Waals surface area contributed by atoms with Crippen molar-refractivity contribution in [1.29, 1.82) is 0 Å². The van der Waals surface area contributed by atoms with Crippen LogP contribution in [-0.4, -0.2) is 18.5 Å². The SMILES string of the molecule is CC(C)CC1Oc2c(ccc3oc4c(c23)C(c2cc(C(C)(C)C)c3ccccc3c2)=NCN4)C1C. The monoisotopic (exact) mass is 466 g/mol. The number of nitrogens with zero attached hydrogens (tertiary/aromatic N) is 1. The van der Waals surface area contributed by atoms with Gasteiger partial charge in [-0.15, -0.1) is 0 Å². The molecule has 0 radical (unpaired) electrons. The predicted molar refractivity (Wildman–Crippen MR) is 145 cm³/mol. The van der Waals surface area contributed by atoms with Crippen LogP contribution in [0.15, 0.2) is 57.9 Å². The normalized spacial score (nSPS) is 19.5. The van der Waals surface area contributed by atoms with Crippen molar-refractivity contribution in [2.24, 2.45) is 10.9 Å². The molecule has 0 bridgehead atoms. The Kier molecular flexibility index (Phi) is 5.00. The van der Waals surface area contributed by atoms with Crippen molar-refractivity contribution < 1.29 is 9.15 Å². The maximum Gasteiger partial charge on any atom is 0.205 e. The Morgan fingerprint density at radius 3 is 2.66 bits per heavy atom. The van der Waals surface area contributed by atoms with Gasteiger partial charge in [0.05, 0.1) is 16.7 Å². The van der Waals surface area contributed by atoms with Gasteiger partial charge < -0.3 is 14.5 Å². The van der Waals surface area contributed by atoms with E-state index in [0.717, 1.165) is 45.9 Å². The summed E-state index contributed by atoms with van der Waals surface area (Å²) in [5, 5.41) is 6.95. The van der Waals surface area contributed by atoms with E-state index < -0.39 is 0 Å². The number of aliphatic imine (C=N–C) groups is 1. The number of anilines is 1. The summed E-state index contributed by atoms with van der Waals surface area (Å²) in [6.07, 6.45) is 1.22. The standard InChI is InChI=1S/C31H34N2O2/c1-17(2)13-25-18(3)21-11-12-24-26(29(21)34-25)27-28(32-16-33-30(27)35-24)20-14-19-9-7-8-10-22(19)23(15-20)31(4,5)6/h7-12,14-15,17-18,25,33H,13,16H2,1-6H3. The second-order valence-corrected chi connectivity index (χ2v) is 11.6. The van der Waals surface area contributed by atoms with Crippen LogP contribution in [0.3, 0.4) is 0 Å². The number of rotatable bonds is 3. The molecule has 2 aliphatic rings. The van der Waals surface area contributed by atoms with Gasteiger partial charge in [0.15, 0.2) is 0 Å². The second kappa shape index (κ2) is 7.87. The molecule has 180 valence electrons. The highest BCUT2D eigenvalue weighted by Crippen LogP contribution is 2.49. The average molecular weight is 467 g/mol. The quantitative estimate of drug-likeness (QED) is 0.332. The summed E-state index contributed by atoms with van der Waals surface area (Å²) in [5.41, 5.74) is 6.58. The zero-order chi connectivity index (χ0) is 24.5. The van der Waals surface area contributed by atoms with Gasteiger partial charge in [-0.25, -0.2) is 0 Å². The van der Waals surface area contributed by atoms with Gasteiger partial charge in [0.2, 0.25) is 5.88 Å². The van der Waals surface area contributed by atoms with Crippen molar-refractivity contribution in [2.45, 2.75) is 65.4 Å². The third kappa shape index (κ3) is 3.53. The van der Waals surface area contributed by atoms with Crippen molar-refractivity contribution in [2.75, 3.05) is 12.0 Å². The van der Waals surface area contributed by atoms with Crippen LogP contribution in [0.25, 0.3) is 21.7 Å². The zero-order valence-corrected chi connectivity index (χ0v) is 21.5. The van der Waals surface area contributed by atoms with Crippen molar-refractivity contribution in [1.82, 2.24) is 0 Å². The molecule has 2 unspecified atom stereocenters.